The van der Waals surface area contributed by atoms with Gasteiger partial charge in [-0.25, -0.2) is 4.98 Å². The molecule has 0 radical (unpaired) electrons. The lowest BCUT2D eigenvalue weighted by molar-refractivity contribution is -0.132. The van der Waals surface area contributed by atoms with Gasteiger partial charge in [-0.15, -0.1) is 23.1 Å². The molecule has 3 rings (SSSR count). The van der Waals surface area contributed by atoms with E-state index in [0.717, 1.165) is 15.3 Å². The van der Waals surface area contributed by atoms with Gasteiger partial charge in [0.2, 0.25) is 11.8 Å². The van der Waals surface area contributed by atoms with E-state index in [0.29, 0.717) is 22.7 Å². The van der Waals surface area contributed by atoms with E-state index in [9.17, 15) is 14.4 Å². The molecule has 2 heterocycles. The smallest absolute Gasteiger partial charge is 0.259 e. The second-order valence-electron chi connectivity index (χ2n) is 7.04. The molecule has 2 amide bonds. The minimum atomic E-state index is -0.382. The third-order valence-electron chi connectivity index (χ3n) is 4.72. The summed E-state index contributed by atoms with van der Waals surface area (Å²) < 4.78 is 0. The number of thiophene rings is 1. The molecule has 0 bridgehead atoms. The number of amides is 2. The topological polar surface area (TPSA) is 95.2 Å². The summed E-state index contributed by atoms with van der Waals surface area (Å²) in [6.07, 6.45) is 0. The van der Waals surface area contributed by atoms with E-state index in [1.807, 2.05) is 32.0 Å². The maximum absolute atomic E-state index is 12.6. The standard InChI is InChI=1S/C21H24N4O3S2/c1-12-13(2)30-20-18(12)19(27)23-16(24-20)11-29-14(3)21(28)25(4)10-17(26)22-15-8-6-5-7-9-15/h5-9,14H,10-11H2,1-4H3,(H,22,26)(H,23,24,27). The summed E-state index contributed by atoms with van der Waals surface area (Å²) in [6.45, 7) is 5.65. The molecule has 0 aliphatic carbocycles. The molecule has 0 saturated carbocycles. The summed E-state index contributed by atoms with van der Waals surface area (Å²) in [5.74, 6) is 0.532. The average molecular weight is 445 g/mol. The van der Waals surface area contributed by atoms with Gasteiger partial charge in [-0.1, -0.05) is 18.2 Å². The number of anilines is 1. The van der Waals surface area contributed by atoms with Crippen LogP contribution in [0.15, 0.2) is 35.1 Å². The van der Waals surface area contributed by atoms with Crippen molar-refractivity contribution in [3.63, 3.8) is 0 Å². The number of para-hydroxylation sites is 1. The van der Waals surface area contributed by atoms with Gasteiger partial charge in [-0.3, -0.25) is 14.4 Å². The number of hydrogen-bond donors (Lipinski definition) is 2. The van der Waals surface area contributed by atoms with E-state index in [1.54, 1.807) is 26.1 Å². The molecule has 1 unspecified atom stereocenters. The van der Waals surface area contributed by atoms with Gasteiger partial charge in [0.1, 0.15) is 10.7 Å². The minimum Gasteiger partial charge on any atom is -0.335 e. The number of nitrogens with one attached hydrogen (secondary N) is 2. The molecule has 1 aromatic carbocycles. The number of benzene rings is 1. The summed E-state index contributed by atoms with van der Waals surface area (Å²) in [4.78, 5) is 47.7. The lowest BCUT2D eigenvalue weighted by atomic mass is 10.2. The van der Waals surface area contributed by atoms with Crippen molar-refractivity contribution in [2.24, 2.45) is 0 Å². The molecule has 9 heteroatoms. The highest BCUT2D eigenvalue weighted by Gasteiger charge is 2.21. The van der Waals surface area contributed by atoms with Crippen LogP contribution in [0.4, 0.5) is 5.69 Å². The molecule has 2 N–H and O–H groups in total. The first-order chi connectivity index (χ1) is 14.3. The van der Waals surface area contributed by atoms with Crippen LogP contribution in [0.5, 0.6) is 0 Å². The van der Waals surface area contributed by atoms with Crippen LogP contribution in [-0.4, -0.2) is 45.5 Å². The summed E-state index contributed by atoms with van der Waals surface area (Å²) in [7, 11) is 1.60. The molecular formula is C21H24N4O3S2. The molecular weight excluding hydrogens is 420 g/mol. The van der Waals surface area contributed by atoms with E-state index in [2.05, 4.69) is 15.3 Å². The number of carbonyl (C=O) groups excluding carboxylic acids is 2. The number of H-pyrrole nitrogens is 1. The molecule has 7 nitrogen and oxygen atoms in total. The Morgan fingerprint density at radius 2 is 1.97 bits per heavy atom. The number of aryl methyl sites for hydroxylation is 2. The summed E-state index contributed by atoms with van der Waals surface area (Å²) in [5.41, 5.74) is 1.50. The third kappa shape index (κ3) is 5.09. The van der Waals surface area contributed by atoms with Crippen LogP contribution >= 0.6 is 23.1 Å². The van der Waals surface area contributed by atoms with Gasteiger partial charge in [0.25, 0.3) is 5.56 Å². The Kier molecular flexibility index (Phi) is 6.94. The highest BCUT2D eigenvalue weighted by atomic mass is 32.2. The maximum Gasteiger partial charge on any atom is 0.259 e. The van der Waals surface area contributed by atoms with Crippen LogP contribution in [0, 0.1) is 13.8 Å². The molecule has 30 heavy (non-hydrogen) atoms. The molecule has 0 fully saturated rings. The van der Waals surface area contributed by atoms with Crippen molar-refractivity contribution in [3.05, 3.63) is 57.0 Å². The zero-order valence-electron chi connectivity index (χ0n) is 17.3. The van der Waals surface area contributed by atoms with E-state index in [1.165, 1.54) is 28.0 Å². The highest BCUT2D eigenvalue weighted by molar-refractivity contribution is 7.99. The number of hydrogen-bond acceptors (Lipinski definition) is 6. The van der Waals surface area contributed by atoms with Gasteiger partial charge in [-0.05, 0) is 38.5 Å². The summed E-state index contributed by atoms with van der Waals surface area (Å²) in [5, 5.41) is 3.02. The van der Waals surface area contributed by atoms with Gasteiger partial charge in [0.05, 0.1) is 22.9 Å². The first-order valence-corrected chi connectivity index (χ1v) is 11.3. The van der Waals surface area contributed by atoms with Gasteiger partial charge < -0.3 is 15.2 Å². The predicted octanol–water partition coefficient (Wildman–Crippen LogP) is 3.32. The molecule has 2 aromatic heterocycles. The molecule has 158 valence electrons. The van der Waals surface area contributed by atoms with Crippen molar-refractivity contribution in [1.29, 1.82) is 0 Å². The van der Waals surface area contributed by atoms with E-state index >= 15 is 0 Å². The Morgan fingerprint density at radius 1 is 1.27 bits per heavy atom. The summed E-state index contributed by atoms with van der Waals surface area (Å²) >= 11 is 2.87. The molecule has 3 aromatic rings. The van der Waals surface area contributed by atoms with Crippen LogP contribution in [0.3, 0.4) is 0 Å². The molecule has 0 aliphatic heterocycles. The number of thioether (sulfide) groups is 1. The fraction of sp³-hybridized carbons (Fsp3) is 0.333. The Bertz CT molecular complexity index is 1120. The van der Waals surface area contributed by atoms with Crippen LogP contribution in [-0.2, 0) is 15.3 Å². The van der Waals surface area contributed by atoms with Crippen molar-refractivity contribution in [3.8, 4) is 0 Å². The lowest BCUT2D eigenvalue weighted by Gasteiger charge is -2.20. The van der Waals surface area contributed by atoms with Crippen LogP contribution < -0.4 is 10.9 Å². The number of aromatic nitrogens is 2. The van der Waals surface area contributed by atoms with E-state index in [4.69, 9.17) is 0 Å². The average Bonchev–Trinajstić information content (AvgIpc) is 3.00. The zero-order valence-corrected chi connectivity index (χ0v) is 18.9. The second kappa shape index (κ2) is 9.44. The van der Waals surface area contributed by atoms with Gasteiger partial charge in [0.15, 0.2) is 0 Å². The SMILES string of the molecule is Cc1sc2nc(CSC(C)C(=O)N(C)CC(=O)Nc3ccccc3)[nH]c(=O)c2c1C. The van der Waals surface area contributed by atoms with E-state index in [-0.39, 0.29) is 29.2 Å². The molecule has 0 spiro atoms. The monoisotopic (exact) mass is 444 g/mol. The number of carbonyl (C=O) groups is 2. The Morgan fingerprint density at radius 3 is 2.67 bits per heavy atom. The minimum absolute atomic E-state index is 0.0343. The van der Waals surface area contributed by atoms with Gasteiger partial charge >= 0.3 is 0 Å². The van der Waals surface area contributed by atoms with E-state index < -0.39 is 0 Å². The van der Waals surface area contributed by atoms with Crippen molar-refractivity contribution in [2.75, 3.05) is 18.9 Å². The first kappa shape index (κ1) is 22.0. The van der Waals surface area contributed by atoms with Crippen LogP contribution in [0.25, 0.3) is 10.2 Å². The Labute approximate surface area is 182 Å². The normalized spacial score (nSPS) is 12.0. The Hall–Kier alpha value is -2.65. The van der Waals surface area contributed by atoms with Crippen LogP contribution in [0.2, 0.25) is 0 Å². The number of nitrogens with zero attached hydrogens (tertiary/aromatic N) is 2. The van der Waals surface area contributed by atoms with Gasteiger partial charge in [-0.2, -0.15) is 0 Å². The number of fused-ring (bicyclic) bond motifs is 1. The predicted molar refractivity (Wildman–Crippen MR) is 123 cm³/mol. The van der Waals surface area contributed by atoms with Crippen molar-refractivity contribution >= 4 is 50.8 Å². The molecule has 0 aliphatic rings. The second-order valence-corrected chi connectivity index (χ2v) is 9.57. The fourth-order valence-corrected chi connectivity index (χ4v) is 4.88. The highest BCUT2D eigenvalue weighted by Crippen LogP contribution is 2.26. The third-order valence-corrected chi connectivity index (χ3v) is 6.96. The van der Waals surface area contributed by atoms with Crippen molar-refractivity contribution < 1.29 is 9.59 Å². The fourth-order valence-electron chi connectivity index (χ4n) is 2.97. The van der Waals surface area contributed by atoms with Gasteiger partial charge in [0, 0.05) is 17.6 Å². The maximum atomic E-state index is 12.6. The number of aromatic amines is 1. The van der Waals surface area contributed by atoms with Crippen LogP contribution in [0.1, 0.15) is 23.2 Å². The largest absolute Gasteiger partial charge is 0.335 e. The van der Waals surface area contributed by atoms with Crippen molar-refractivity contribution in [2.45, 2.75) is 31.8 Å². The molecule has 1 atom stereocenters. The summed E-state index contributed by atoms with van der Waals surface area (Å²) in [6, 6.07) is 9.11. The lowest BCUT2D eigenvalue weighted by Crippen LogP contribution is -2.39. The number of likely N-dealkylation sites (N-methyl/N-ethyl adjacent to an activating group) is 1. The van der Waals surface area contributed by atoms with Crippen molar-refractivity contribution in [1.82, 2.24) is 14.9 Å². The zero-order chi connectivity index (χ0) is 21.8. The molecule has 0 saturated heterocycles. The number of rotatable bonds is 7. The first-order valence-electron chi connectivity index (χ1n) is 9.46. The quantitative estimate of drug-likeness (QED) is 0.583. The Balaban J connectivity index is 1.57.